The molecule has 3 N–H and O–H groups in total. The molecular formula is C6H8N4O7Zn-2. The number of phenols is 1. The summed E-state index contributed by atoms with van der Waals surface area (Å²) < 4.78 is 2.62. The molecule has 0 atom stereocenters. The number of hydrogen-bond donors (Lipinski definition) is 3. The molecule has 1 aromatic carbocycles. The monoisotopic (exact) mass is 312 g/mol. The van der Waals surface area contributed by atoms with Gasteiger partial charge in [-0.15, -0.1) is 10.7 Å². The number of aromatic hydroxyl groups is 1. The number of para-hydroxylation sites is 1. The third-order valence-electron chi connectivity index (χ3n) is 0.756. The third-order valence-corrected chi connectivity index (χ3v) is 0.756. The zero-order chi connectivity index (χ0) is 15.2. The van der Waals surface area contributed by atoms with Crippen LogP contribution in [-0.2, 0) is 18.1 Å². The Morgan fingerprint density at radius 1 is 1.11 bits per heavy atom. The Hall–Kier alpha value is -2.13. The van der Waals surface area contributed by atoms with E-state index < -0.39 is 0 Å². The Kier molecular flexibility index (Phi) is 50.3. The normalized spacial score (nSPS) is 5.56. The number of rotatable bonds is 0. The Bertz CT molecular complexity index is 287. The van der Waals surface area contributed by atoms with E-state index in [0.29, 0.717) is 23.9 Å². The Labute approximate surface area is 110 Å². The van der Waals surface area contributed by atoms with Gasteiger partial charge in [-0.05, 0) is 12.1 Å². The van der Waals surface area contributed by atoms with Crippen molar-refractivity contribution < 1.29 is 33.7 Å². The van der Waals surface area contributed by atoms with E-state index in [0.717, 1.165) is 10.7 Å². The summed E-state index contributed by atoms with van der Waals surface area (Å²) in [5, 5.41) is 38.6. The molecule has 0 heterocycles. The van der Waals surface area contributed by atoms with Crippen molar-refractivity contribution in [1.82, 2.24) is 3.48 Å². The fourth-order valence-corrected chi connectivity index (χ4v) is 0.428. The number of hydrogen-bond acceptors (Lipinski definition) is 9. The van der Waals surface area contributed by atoms with Crippen molar-refractivity contribution in [3.05, 3.63) is 56.1 Å². The predicted molar refractivity (Wildman–Crippen MR) is 57.2 cm³/mol. The first kappa shape index (κ1) is 24.9. The van der Waals surface area contributed by atoms with Gasteiger partial charge < -0.3 is 25.3 Å². The zero-order valence-electron chi connectivity index (χ0n) is 8.86. The van der Waals surface area contributed by atoms with Crippen LogP contribution in [0, 0.1) is 20.2 Å². The number of benzene rings is 1. The molecule has 0 aliphatic rings. The van der Waals surface area contributed by atoms with E-state index in [4.69, 9.17) is 41.4 Å². The van der Waals surface area contributed by atoms with Crippen LogP contribution in [0.3, 0.4) is 0 Å². The van der Waals surface area contributed by atoms with E-state index in [1.165, 1.54) is 0 Å². The molecule has 0 aliphatic carbocycles. The fourth-order valence-electron chi connectivity index (χ4n) is 0.428. The molecule has 0 aromatic heterocycles. The maximum absolute atomic E-state index is 8.63. The summed E-state index contributed by atoms with van der Waals surface area (Å²) in [6.07, 6.45) is 0. The molecule has 0 bridgehead atoms. The van der Waals surface area contributed by atoms with Crippen LogP contribution in [0.1, 0.15) is 0 Å². The van der Waals surface area contributed by atoms with Crippen molar-refractivity contribution in [1.29, 1.82) is 0 Å². The summed E-state index contributed by atoms with van der Waals surface area (Å²) in [6.45, 7) is 0. The molecule has 1 rings (SSSR count). The van der Waals surface area contributed by atoms with Crippen LogP contribution in [-0.4, -0.2) is 15.6 Å². The van der Waals surface area contributed by atoms with Gasteiger partial charge in [-0.25, -0.2) is 0 Å². The summed E-state index contributed by atoms with van der Waals surface area (Å²) >= 11 is 0.625. The molecule has 98 valence electrons. The van der Waals surface area contributed by atoms with E-state index in [2.05, 4.69) is 3.48 Å². The third kappa shape index (κ3) is 66.6. The molecule has 11 nitrogen and oxygen atoms in total. The van der Waals surface area contributed by atoms with Gasteiger partial charge in [0.1, 0.15) is 5.75 Å². The summed E-state index contributed by atoms with van der Waals surface area (Å²) in [6, 6.07) is 8.71. The van der Waals surface area contributed by atoms with E-state index in [1.54, 1.807) is 24.3 Å². The first-order chi connectivity index (χ1) is 8.64. The Balaban J connectivity index is -0.0000000769. The zero-order valence-corrected chi connectivity index (χ0v) is 11.8. The van der Waals surface area contributed by atoms with Crippen LogP contribution in [0.5, 0.6) is 5.75 Å². The van der Waals surface area contributed by atoms with Crippen molar-refractivity contribution >= 4 is 0 Å². The summed E-state index contributed by atoms with van der Waals surface area (Å²) in [7, 11) is 0. The Morgan fingerprint density at radius 2 is 1.33 bits per heavy atom. The number of phenolic OH excluding ortho intramolecular Hbond substituents is 1. The van der Waals surface area contributed by atoms with Crippen molar-refractivity contribution in [2.45, 2.75) is 0 Å². The minimum absolute atomic E-state index is 0.322. The van der Waals surface area contributed by atoms with Gasteiger partial charge in [0.15, 0.2) is 0 Å². The van der Waals surface area contributed by atoms with E-state index in [9.17, 15) is 0 Å². The second-order valence-electron chi connectivity index (χ2n) is 1.63. The van der Waals surface area contributed by atoms with Crippen molar-refractivity contribution in [3.63, 3.8) is 0 Å². The van der Waals surface area contributed by atoms with E-state index in [1.807, 2.05) is 6.07 Å². The molecule has 0 unspecified atom stereocenters. The van der Waals surface area contributed by atoms with Gasteiger partial charge in [-0.2, -0.15) is 0 Å². The second kappa shape index (κ2) is 36.4. The number of nitrogens with zero attached hydrogens (tertiary/aromatic N) is 4. The van der Waals surface area contributed by atoms with Crippen molar-refractivity contribution in [2.75, 3.05) is 0 Å². The quantitative estimate of drug-likeness (QED) is 0.161. The van der Waals surface area contributed by atoms with E-state index >= 15 is 0 Å². The maximum atomic E-state index is 8.63. The molecule has 0 radical (unpaired) electrons. The molecule has 0 saturated heterocycles. The molecule has 18 heavy (non-hydrogen) atoms. The topological polar surface area (TPSA) is 202 Å². The SMILES string of the molecule is O=N[O-].O=N[O-].OO.Oc1ccccc1.[N-]=[N+]=[Zn]. The van der Waals surface area contributed by atoms with E-state index in [-0.39, 0.29) is 0 Å². The molecular weight excluding hydrogens is 305 g/mol. The van der Waals surface area contributed by atoms with Gasteiger partial charge in [0.05, 0.1) is 0 Å². The standard InChI is InChI=1S/C6H6O.N2.2HNO2.H2O2.Zn/c7-6-4-2-1-3-5-6;1-2;2*2-1-3;1-2;/h1-5,7H;;2*(H,2,3);1-2H;/p-2. The average Bonchev–Trinajstić information content (AvgIpc) is 2.35. The van der Waals surface area contributed by atoms with Gasteiger partial charge in [0.2, 0.25) is 0 Å². The van der Waals surface area contributed by atoms with Crippen LogP contribution < -0.4 is 3.48 Å². The molecule has 0 aliphatic heterocycles. The first-order valence-electron chi connectivity index (χ1n) is 3.58. The first-order valence-corrected chi connectivity index (χ1v) is 4.91. The van der Waals surface area contributed by atoms with Gasteiger partial charge >= 0.3 is 27.1 Å². The van der Waals surface area contributed by atoms with Gasteiger partial charge in [0.25, 0.3) is 0 Å². The molecule has 0 fully saturated rings. The van der Waals surface area contributed by atoms with Crippen LogP contribution in [0.4, 0.5) is 0 Å². The summed E-state index contributed by atoms with van der Waals surface area (Å²) in [5.41, 5.74) is 7.25. The van der Waals surface area contributed by atoms with Crippen LogP contribution >= 0.6 is 0 Å². The van der Waals surface area contributed by atoms with Gasteiger partial charge in [0, 0.05) is 0 Å². The van der Waals surface area contributed by atoms with Crippen LogP contribution in [0.2, 0.25) is 0 Å². The second-order valence-corrected chi connectivity index (χ2v) is 2.22. The molecule has 0 saturated carbocycles. The summed E-state index contributed by atoms with van der Waals surface area (Å²) in [4.78, 5) is 16.0. The molecule has 0 spiro atoms. The Morgan fingerprint density at radius 3 is 1.44 bits per heavy atom. The van der Waals surface area contributed by atoms with Crippen molar-refractivity contribution in [2.24, 2.45) is 10.7 Å². The fraction of sp³-hybridized carbons (Fsp3) is 0. The van der Waals surface area contributed by atoms with Gasteiger partial charge in [-0.3, -0.25) is 10.5 Å². The van der Waals surface area contributed by atoms with Crippen molar-refractivity contribution in [3.8, 4) is 5.75 Å². The average molecular weight is 314 g/mol. The molecule has 1 aromatic rings. The minimum atomic E-state index is 0.322. The predicted octanol–water partition coefficient (Wildman–Crippen LogP) is 1.72. The van der Waals surface area contributed by atoms with Crippen LogP contribution in [0.25, 0.3) is 5.53 Å². The van der Waals surface area contributed by atoms with Crippen LogP contribution in [0.15, 0.2) is 41.0 Å². The molecule has 0 amide bonds. The molecule has 12 heteroatoms. The summed E-state index contributed by atoms with van der Waals surface area (Å²) in [5.74, 6) is 0.322. The van der Waals surface area contributed by atoms with Gasteiger partial charge in [-0.1, -0.05) is 18.2 Å².